The Hall–Kier alpha value is -2.11. The SMILES string of the molecule is Cc1cc(C(=O)N2CCCC2c2cc(C(C)C)on2)on1. The predicted octanol–water partition coefficient (Wildman–Crippen LogP) is 3.07. The first-order valence-corrected chi connectivity index (χ1v) is 7.27. The molecule has 3 heterocycles. The van der Waals surface area contributed by atoms with Crippen LogP contribution >= 0.6 is 0 Å². The Balaban J connectivity index is 1.83. The van der Waals surface area contributed by atoms with Gasteiger partial charge < -0.3 is 13.9 Å². The molecule has 2 aromatic rings. The molecule has 0 saturated carbocycles. The molecule has 0 bridgehead atoms. The molecular weight excluding hydrogens is 270 g/mol. The summed E-state index contributed by atoms with van der Waals surface area (Å²) in [6.45, 7) is 6.61. The molecule has 0 N–H and O–H groups in total. The van der Waals surface area contributed by atoms with E-state index in [1.807, 2.05) is 6.07 Å². The van der Waals surface area contributed by atoms with Crippen molar-refractivity contribution in [3.05, 3.63) is 35.0 Å². The quantitative estimate of drug-likeness (QED) is 0.868. The minimum absolute atomic E-state index is 0.0424. The van der Waals surface area contributed by atoms with E-state index >= 15 is 0 Å². The standard InChI is InChI=1S/C15H19N3O3/c1-9(2)13-8-11(17-20-13)12-5-4-6-18(12)15(19)14-7-10(3)16-21-14/h7-9,12H,4-6H2,1-3H3. The van der Waals surface area contributed by atoms with Crippen LogP contribution in [0.15, 0.2) is 21.2 Å². The Morgan fingerprint density at radius 2 is 2.14 bits per heavy atom. The van der Waals surface area contributed by atoms with Crippen LogP contribution in [0.1, 0.15) is 66.4 Å². The van der Waals surface area contributed by atoms with Crippen molar-refractivity contribution in [2.75, 3.05) is 6.54 Å². The monoisotopic (exact) mass is 289 g/mol. The van der Waals surface area contributed by atoms with Crippen molar-refractivity contribution in [3.8, 4) is 0 Å². The molecule has 0 aromatic carbocycles. The van der Waals surface area contributed by atoms with Gasteiger partial charge in [0.05, 0.1) is 11.7 Å². The van der Waals surface area contributed by atoms with Crippen LogP contribution in [0, 0.1) is 6.92 Å². The van der Waals surface area contributed by atoms with Crippen molar-refractivity contribution in [2.45, 2.75) is 45.6 Å². The fraction of sp³-hybridized carbons (Fsp3) is 0.533. The molecular formula is C15H19N3O3. The van der Waals surface area contributed by atoms with Crippen LogP contribution in [0.3, 0.4) is 0 Å². The third-order valence-corrected chi connectivity index (χ3v) is 3.81. The molecule has 0 radical (unpaired) electrons. The first-order valence-electron chi connectivity index (χ1n) is 7.27. The van der Waals surface area contributed by atoms with E-state index < -0.39 is 0 Å². The summed E-state index contributed by atoms with van der Waals surface area (Å²) < 4.78 is 10.4. The lowest BCUT2D eigenvalue weighted by atomic mass is 10.1. The molecule has 3 rings (SSSR count). The normalized spacial score (nSPS) is 18.7. The van der Waals surface area contributed by atoms with Crippen molar-refractivity contribution in [1.82, 2.24) is 15.2 Å². The van der Waals surface area contributed by atoms with E-state index in [0.717, 1.165) is 24.3 Å². The van der Waals surface area contributed by atoms with Gasteiger partial charge in [0.25, 0.3) is 5.91 Å². The summed E-state index contributed by atoms with van der Waals surface area (Å²) in [6.07, 6.45) is 1.84. The second-order valence-corrected chi connectivity index (χ2v) is 5.80. The summed E-state index contributed by atoms with van der Waals surface area (Å²) in [5.41, 5.74) is 1.53. The zero-order valence-electron chi connectivity index (χ0n) is 12.5. The van der Waals surface area contributed by atoms with Crippen molar-refractivity contribution < 1.29 is 13.8 Å². The van der Waals surface area contributed by atoms with E-state index in [4.69, 9.17) is 9.05 Å². The van der Waals surface area contributed by atoms with E-state index in [9.17, 15) is 4.79 Å². The van der Waals surface area contributed by atoms with Crippen LogP contribution in [0.25, 0.3) is 0 Å². The molecule has 1 aliphatic rings. The lowest BCUT2D eigenvalue weighted by Gasteiger charge is -2.21. The van der Waals surface area contributed by atoms with Gasteiger partial charge in [0.15, 0.2) is 0 Å². The number of nitrogens with zero attached hydrogens (tertiary/aromatic N) is 3. The average Bonchev–Trinajstić information content (AvgIpc) is 3.17. The second-order valence-electron chi connectivity index (χ2n) is 5.80. The Morgan fingerprint density at radius 1 is 1.33 bits per heavy atom. The maximum absolute atomic E-state index is 12.5. The van der Waals surface area contributed by atoms with E-state index in [0.29, 0.717) is 12.2 Å². The lowest BCUT2D eigenvalue weighted by Crippen LogP contribution is -2.30. The number of hydrogen-bond acceptors (Lipinski definition) is 5. The van der Waals surface area contributed by atoms with Gasteiger partial charge >= 0.3 is 0 Å². The van der Waals surface area contributed by atoms with Crippen molar-refractivity contribution >= 4 is 5.91 Å². The molecule has 0 spiro atoms. The Morgan fingerprint density at radius 3 is 2.76 bits per heavy atom. The molecule has 1 unspecified atom stereocenters. The number of rotatable bonds is 3. The summed E-state index contributed by atoms with van der Waals surface area (Å²) in [6, 6.07) is 3.58. The number of likely N-dealkylation sites (tertiary alicyclic amines) is 1. The highest BCUT2D eigenvalue weighted by atomic mass is 16.5. The van der Waals surface area contributed by atoms with Gasteiger partial charge in [-0.1, -0.05) is 24.2 Å². The van der Waals surface area contributed by atoms with Gasteiger partial charge in [0.1, 0.15) is 11.5 Å². The number of carbonyl (C=O) groups excluding carboxylic acids is 1. The summed E-state index contributed by atoms with van der Waals surface area (Å²) in [5.74, 6) is 1.28. The topological polar surface area (TPSA) is 72.4 Å². The number of aryl methyl sites for hydroxylation is 1. The second kappa shape index (κ2) is 5.35. The van der Waals surface area contributed by atoms with Gasteiger partial charge in [0, 0.05) is 24.6 Å². The van der Waals surface area contributed by atoms with Crippen LogP contribution < -0.4 is 0 Å². The molecule has 6 heteroatoms. The van der Waals surface area contributed by atoms with E-state index in [2.05, 4.69) is 24.2 Å². The van der Waals surface area contributed by atoms with E-state index in [1.165, 1.54) is 0 Å². The number of hydrogen-bond donors (Lipinski definition) is 0. The average molecular weight is 289 g/mol. The van der Waals surface area contributed by atoms with Crippen LogP contribution in [0.4, 0.5) is 0 Å². The zero-order chi connectivity index (χ0) is 15.0. The molecule has 1 amide bonds. The van der Waals surface area contributed by atoms with Crippen LogP contribution in [-0.4, -0.2) is 27.7 Å². The van der Waals surface area contributed by atoms with Gasteiger partial charge in [-0.3, -0.25) is 4.79 Å². The molecule has 1 saturated heterocycles. The van der Waals surface area contributed by atoms with E-state index in [-0.39, 0.29) is 23.6 Å². The smallest absolute Gasteiger partial charge is 0.293 e. The van der Waals surface area contributed by atoms with Gasteiger partial charge in [-0.05, 0) is 19.8 Å². The van der Waals surface area contributed by atoms with E-state index in [1.54, 1.807) is 17.9 Å². The molecule has 1 atom stereocenters. The Kier molecular flexibility index (Phi) is 3.53. The molecule has 112 valence electrons. The summed E-state index contributed by atoms with van der Waals surface area (Å²) in [4.78, 5) is 14.3. The molecule has 1 fully saturated rings. The number of amides is 1. The van der Waals surface area contributed by atoms with Gasteiger partial charge in [-0.15, -0.1) is 0 Å². The first kappa shape index (κ1) is 13.9. The Bertz CT molecular complexity index is 644. The molecule has 6 nitrogen and oxygen atoms in total. The van der Waals surface area contributed by atoms with Gasteiger partial charge in [-0.25, -0.2) is 0 Å². The number of aromatic nitrogens is 2. The van der Waals surface area contributed by atoms with Crippen LogP contribution in [-0.2, 0) is 0 Å². The molecule has 2 aromatic heterocycles. The highest BCUT2D eigenvalue weighted by Gasteiger charge is 2.34. The van der Waals surface area contributed by atoms with Gasteiger partial charge in [-0.2, -0.15) is 0 Å². The van der Waals surface area contributed by atoms with Gasteiger partial charge in [0.2, 0.25) is 5.76 Å². The zero-order valence-corrected chi connectivity index (χ0v) is 12.5. The number of carbonyl (C=O) groups is 1. The maximum Gasteiger partial charge on any atom is 0.293 e. The van der Waals surface area contributed by atoms with Crippen molar-refractivity contribution in [1.29, 1.82) is 0 Å². The van der Waals surface area contributed by atoms with Crippen molar-refractivity contribution in [2.24, 2.45) is 0 Å². The summed E-state index contributed by atoms with van der Waals surface area (Å²) >= 11 is 0. The fourth-order valence-corrected chi connectivity index (χ4v) is 2.66. The van der Waals surface area contributed by atoms with Crippen molar-refractivity contribution in [3.63, 3.8) is 0 Å². The minimum atomic E-state index is -0.132. The largest absolute Gasteiger partial charge is 0.361 e. The highest BCUT2D eigenvalue weighted by Crippen LogP contribution is 2.33. The molecule has 21 heavy (non-hydrogen) atoms. The van der Waals surface area contributed by atoms with Crippen LogP contribution in [0.5, 0.6) is 0 Å². The first-order chi connectivity index (χ1) is 10.1. The minimum Gasteiger partial charge on any atom is -0.361 e. The summed E-state index contributed by atoms with van der Waals surface area (Å²) in [5, 5.41) is 7.91. The molecule has 1 aliphatic heterocycles. The third kappa shape index (κ3) is 2.57. The highest BCUT2D eigenvalue weighted by molar-refractivity contribution is 5.91. The lowest BCUT2D eigenvalue weighted by molar-refractivity contribution is 0.0688. The summed E-state index contributed by atoms with van der Waals surface area (Å²) in [7, 11) is 0. The predicted molar refractivity (Wildman–Crippen MR) is 74.8 cm³/mol. The Labute approximate surface area is 123 Å². The molecule has 0 aliphatic carbocycles. The fourth-order valence-electron chi connectivity index (χ4n) is 2.66. The third-order valence-electron chi connectivity index (χ3n) is 3.81. The maximum atomic E-state index is 12.5. The van der Waals surface area contributed by atoms with Crippen LogP contribution in [0.2, 0.25) is 0 Å².